The molecule has 1 atom stereocenters. The molecule has 0 aromatic heterocycles. The van der Waals surface area contributed by atoms with Gasteiger partial charge in [0.2, 0.25) is 0 Å². The molecule has 27 heavy (non-hydrogen) atoms. The van der Waals surface area contributed by atoms with E-state index < -0.39 is 9.84 Å². The Morgan fingerprint density at radius 3 is 2.67 bits per heavy atom. The normalized spacial score (nSPS) is 22.4. The Labute approximate surface area is 163 Å². The lowest BCUT2D eigenvalue weighted by Gasteiger charge is -2.34. The second-order valence-corrected chi connectivity index (χ2v) is 9.39. The van der Waals surface area contributed by atoms with Crippen LogP contribution in [0.25, 0.3) is 0 Å². The third kappa shape index (κ3) is 9.23. The van der Waals surface area contributed by atoms with E-state index in [1.54, 1.807) is 0 Å². The van der Waals surface area contributed by atoms with E-state index >= 15 is 0 Å². The number of nitrogens with one attached hydrogen (secondary N) is 1. The minimum absolute atomic E-state index is 0.0518. The fraction of sp³-hybridized carbons (Fsp3) is 0.944. The maximum absolute atomic E-state index is 11.1. The van der Waals surface area contributed by atoms with Crippen molar-refractivity contribution in [3.8, 4) is 0 Å². The van der Waals surface area contributed by atoms with Crippen molar-refractivity contribution in [1.82, 2.24) is 10.2 Å². The summed E-state index contributed by atoms with van der Waals surface area (Å²) < 4.78 is 39.1. The van der Waals surface area contributed by atoms with E-state index in [9.17, 15) is 8.42 Å². The number of hydrogen-bond donors (Lipinski definition) is 1. The van der Waals surface area contributed by atoms with Crippen LogP contribution in [-0.2, 0) is 24.0 Å². The number of rotatable bonds is 10. The van der Waals surface area contributed by atoms with Gasteiger partial charge in [0.05, 0.1) is 44.3 Å². The average molecular weight is 406 g/mol. The van der Waals surface area contributed by atoms with Crippen LogP contribution in [0, 0.1) is 0 Å². The first-order chi connectivity index (χ1) is 13.0. The molecule has 158 valence electrons. The third-order valence-electron chi connectivity index (χ3n) is 4.71. The van der Waals surface area contributed by atoms with Gasteiger partial charge in [-0.2, -0.15) is 0 Å². The van der Waals surface area contributed by atoms with Crippen molar-refractivity contribution in [2.45, 2.75) is 44.8 Å². The summed E-state index contributed by atoms with van der Waals surface area (Å²) >= 11 is 0. The largest absolute Gasteiger partial charge is 0.378 e. The summed E-state index contributed by atoms with van der Waals surface area (Å²) in [6, 6.07) is 0. The highest BCUT2D eigenvalue weighted by atomic mass is 32.2. The first-order valence-corrected chi connectivity index (χ1v) is 12.1. The number of hydrogen-bond acceptors (Lipinski definition) is 6. The number of piperidine rings is 1. The SMILES string of the molecule is CCNC(=NCCOCCS(C)(=O)=O)N1CCC(OCC2CCCO2)CC1. The number of guanidine groups is 1. The zero-order valence-electron chi connectivity index (χ0n) is 16.7. The summed E-state index contributed by atoms with van der Waals surface area (Å²) in [6.07, 6.45) is 6.03. The lowest BCUT2D eigenvalue weighted by molar-refractivity contribution is -0.0367. The van der Waals surface area contributed by atoms with Crippen molar-refractivity contribution in [2.24, 2.45) is 4.99 Å². The summed E-state index contributed by atoms with van der Waals surface area (Å²) in [6.45, 7) is 7.43. The molecule has 0 aromatic rings. The number of nitrogens with zero attached hydrogens (tertiary/aromatic N) is 2. The van der Waals surface area contributed by atoms with E-state index in [1.807, 2.05) is 0 Å². The van der Waals surface area contributed by atoms with Crippen LogP contribution in [0.3, 0.4) is 0 Å². The molecule has 2 rings (SSSR count). The summed E-state index contributed by atoms with van der Waals surface area (Å²) in [5, 5.41) is 3.32. The Hall–Kier alpha value is -0.900. The highest BCUT2D eigenvalue weighted by Crippen LogP contribution is 2.17. The van der Waals surface area contributed by atoms with Crippen molar-refractivity contribution < 1.29 is 22.6 Å². The van der Waals surface area contributed by atoms with E-state index in [4.69, 9.17) is 14.2 Å². The van der Waals surface area contributed by atoms with E-state index in [2.05, 4.69) is 22.1 Å². The second kappa shape index (κ2) is 11.8. The zero-order chi connectivity index (χ0) is 19.5. The third-order valence-corrected chi connectivity index (χ3v) is 5.62. The summed E-state index contributed by atoms with van der Waals surface area (Å²) in [5.41, 5.74) is 0. The molecule has 2 saturated heterocycles. The van der Waals surface area contributed by atoms with Crippen LogP contribution in [0.4, 0.5) is 0 Å². The standard InChI is InChI=1S/C18H35N3O5S/c1-3-19-18(20-8-12-24-13-14-27(2,22)23)21-9-6-16(7-10-21)26-15-17-5-4-11-25-17/h16-17H,3-15H2,1-2H3,(H,19,20). The van der Waals surface area contributed by atoms with Gasteiger partial charge in [0, 0.05) is 32.5 Å². The highest BCUT2D eigenvalue weighted by molar-refractivity contribution is 7.90. The van der Waals surface area contributed by atoms with Gasteiger partial charge < -0.3 is 24.4 Å². The Morgan fingerprint density at radius 1 is 1.26 bits per heavy atom. The molecule has 2 heterocycles. The van der Waals surface area contributed by atoms with Crippen molar-refractivity contribution in [1.29, 1.82) is 0 Å². The number of likely N-dealkylation sites (tertiary alicyclic amines) is 1. The highest BCUT2D eigenvalue weighted by Gasteiger charge is 2.24. The Bertz CT molecular complexity index is 541. The van der Waals surface area contributed by atoms with Crippen LogP contribution < -0.4 is 5.32 Å². The molecular weight excluding hydrogens is 370 g/mol. The molecule has 2 fully saturated rings. The van der Waals surface area contributed by atoms with Crippen LogP contribution in [0.5, 0.6) is 0 Å². The molecule has 2 aliphatic rings. The first kappa shape index (κ1) is 22.4. The molecule has 2 aliphatic heterocycles. The van der Waals surface area contributed by atoms with Crippen LogP contribution in [0.15, 0.2) is 4.99 Å². The molecule has 9 heteroatoms. The molecule has 0 aliphatic carbocycles. The predicted octanol–water partition coefficient (Wildman–Crippen LogP) is 0.673. The van der Waals surface area contributed by atoms with Gasteiger partial charge in [-0.05, 0) is 32.6 Å². The summed E-state index contributed by atoms with van der Waals surface area (Å²) in [4.78, 5) is 6.86. The Balaban J connectivity index is 1.66. The molecule has 0 bridgehead atoms. The minimum atomic E-state index is -2.97. The van der Waals surface area contributed by atoms with Gasteiger partial charge in [0.25, 0.3) is 0 Å². The number of ether oxygens (including phenoxy) is 3. The molecule has 0 saturated carbocycles. The van der Waals surface area contributed by atoms with Gasteiger partial charge in [0.1, 0.15) is 9.84 Å². The van der Waals surface area contributed by atoms with Gasteiger partial charge in [-0.15, -0.1) is 0 Å². The zero-order valence-corrected chi connectivity index (χ0v) is 17.5. The fourth-order valence-electron chi connectivity index (χ4n) is 3.21. The van der Waals surface area contributed by atoms with Crippen molar-refractivity contribution in [2.75, 3.05) is 64.6 Å². The second-order valence-electron chi connectivity index (χ2n) is 7.13. The van der Waals surface area contributed by atoms with E-state index in [1.165, 1.54) is 6.26 Å². The maximum atomic E-state index is 11.1. The monoisotopic (exact) mass is 405 g/mol. The molecule has 0 aromatic carbocycles. The summed E-state index contributed by atoms with van der Waals surface area (Å²) in [7, 11) is -2.97. The molecule has 0 spiro atoms. The molecule has 8 nitrogen and oxygen atoms in total. The van der Waals surface area contributed by atoms with Crippen LogP contribution in [-0.4, -0.2) is 96.1 Å². The molecule has 0 radical (unpaired) electrons. The predicted molar refractivity (Wildman–Crippen MR) is 106 cm³/mol. The van der Waals surface area contributed by atoms with E-state index in [-0.39, 0.29) is 18.5 Å². The lowest BCUT2D eigenvalue weighted by atomic mass is 10.1. The average Bonchev–Trinajstić information content (AvgIpc) is 3.15. The smallest absolute Gasteiger partial charge is 0.193 e. The van der Waals surface area contributed by atoms with Gasteiger partial charge >= 0.3 is 0 Å². The molecule has 1 N–H and O–H groups in total. The Kier molecular flexibility index (Phi) is 9.81. The van der Waals surface area contributed by atoms with Crippen molar-refractivity contribution in [3.63, 3.8) is 0 Å². The quantitative estimate of drug-likeness (QED) is 0.325. The van der Waals surface area contributed by atoms with E-state index in [0.717, 1.165) is 57.9 Å². The van der Waals surface area contributed by atoms with Gasteiger partial charge in [-0.25, -0.2) is 8.42 Å². The van der Waals surface area contributed by atoms with Gasteiger partial charge in [0.15, 0.2) is 5.96 Å². The molecular formula is C18H35N3O5S. The van der Waals surface area contributed by atoms with Gasteiger partial charge in [-0.1, -0.05) is 0 Å². The molecule has 1 unspecified atom stereocenters. The topological polar surface area (TPSA) is 89.5 Å². The van der Waals surface area contributed by atoms with Crippen LogP contribution >= 0.6 is 0 Å². The fourth-order valence-corrected chi connectivity index (χ4v) is 3.63. The van der Waals surface area contributed by atoms with E-state index in [0.29, 0.717) is 25.9 Å². The number of sulfone groups is 1. The molecule has 0 amide bonds. The van der Waals surface area contributed by atoms with Crippen LogP contribution in [0.1, 0.15) is 32.6 Å². The van der Waals surface area contributed by atoms with Crippen molar-refractivity contribution in [3.05, 3.63) is 0 Å². The number of aliphatic imine (C=N–C) groups is 1. The lowest BCUT2D eigenvalue weighted by Crippen LogP contribution is -2.47. The van der Waals surface area contributed by atoms with Gasteiger partial charge in [-0.3, -0.25) is 4.99 Å². The maximum Gasteiger partial charge on any atom is 0.193 e. The first-order valence-electron chi connectivity index (χ1n) is 10.00. The Morgan fingerprint density at radius 2 is 2.04 bits per heavy atom. The summed E-state index contributed by atoms with van der Waals surface area (Å²) in [5.74, 6) is 0.942. The van der Waals surface area contributed by atoms with Crippen LogP contribution in [0.2, 0.25) is 0 Å². The van der Waals surface area contributed by atoms with Crippen molar-refractivity contribution >= 4 is 15.8 Å². The minimum Gasteiger partial charge on any atom is -0.378 e.